The van der Waals surface area contributed by atoms with Crippen molar-refractivity contribution < 1.29 is 8.83 Å². The summed E-state index contributed by atoms with van der Waals surface area (Å²) in [6.07, 6.45) is 35.6. The molecule has 3 heteroatoms. The van der Waals surface area contributed by atoms with Gasteiger partial charge in [0.1, 0.15) is 22.3 Å². The van der Waals surface area contributed by atoms with Gasteiger partial charge in [0.05, 0.1) is 0 Å². The van der Waals surface area contributed by atoms with Crippen LogP contribution in [0.4, 0.5) is 17.1 Å². The third kappa shape index (κ3) is 12.0. The standard InChI is InChI=1S/C101H113NO2/c1-10-14-18-22-26-36-58-100(59-37-27-23-19-15-11-2)83-56-57-92-95(77-41-31-34-44-90(77)103-92)94(83)81-67-87-80(66-88(81)100)75-54-51-72(64-86(75)101(87,60-38-28-24-20-16-12-3)61-39-29-25-21-17-13-4)102(70-49-46-68(5)47-50-70)71-52-55-76-85(63-71)99(8,9)89-65-79(97-96(93(76)89)78-42-32-35-45-91(78)104-97)69-48-53-74-73-40-30-33-43-82(73)98(6,7)84(74)62-69/h30-35,40-57,62-67H,10-29,36-39,58-61H2,1-9H3. The molecule has 0 saturated heterocycles. The van der Waals surface area contributed by atoms with Crippen LogP contribution in [0.3, 0.4) is 0 Å². The second kappa shape index (κ2) is 29.2. The predicted octanol–water partition coefficient (Wildman–Crippen LogP) is 31.1. The van der Waals surface area contributed by atoms with E-state index in [9.17, 15) is 0 Å². The number of aryl methyl sites for hydroxylation is 1. The smallest absolute Gasteiger partial charge is 0.143 e. The van der Waals surface area contributed by atoms with Gasteiger partial charge in [0.15, 0.2) is 0 Å². The second-order valence-corrected chi connectivity index (χ2v) is 33.5. The van der Waals surface area contributed by atoms with Crippen molar-refractivity contribution in [1.29, 1.82) is 0 Å². The number of benzene rings is 10. The summed E-state index contributed by atoms with van der Waals surface area (Å²) in [7, 11) is 0. The predicted molar refractivity (Wildman–Crippen MR) is 445 cm³/mol. The van der Waals surface area contributed by atoms with Gasteiger partial charge < -0.3 is 13.7 Å². The van der Waals surface area contributed by atoms with E-state index in [1.807, 2.05) is 0 Å². The fraction of sp³-hybridized carbons (Fsp3) is 0.406. The first-order valence-electron chi connectivity index (χ1n) is 41.4. The minimum absolute atomic E-state index is 0.0982. The van der Waals surface area contributed by atoms with Crippen LogP contribution in [0, 0.1) is 6.92 Å². The van der Waals surface area contributed by atoms with E-state index in [1.165, 1.54) is 283 Å². The summed E-state index contributed by atoms with van der Waals surface area (Å²) in [6, 6.07) is 71.9. The van der Waals surface area contributed by atoms with Crippen LogP contribution in [0.15, 0.2) is 191 Å². The van der Waals surface area contributed by atoms with E-state index < -0.39 is 0 Å². The Morgan fingerprint density at radius 1 is 0.288 bits per heavy atom. The van der Waals surface area contributed by atoms with Crippen LogP contribution in [0.25, 0.3) is 99.5 Å². The summed E-state index contributed by atoms with van der Waals surface area (Å²) in [5, 5.41) is 4.98. The van der Waals surface area contributed by atoms with Crippen LogP contribution in [0.5, 0.6) is 0 Å². The molecular formula is C101H113NO2. The highest BCUT2D eigenvalue weighted by Gasteiger charge is 2.50. The summed E-state index contributed by atoms with van der Waals surface area (Å²) >= 11 is 0. The summed E-state index contributed by atoms with van der Waals surface area (Å²) in [6.45, 7) is 21.4. The van der Waals surface area contributed by atoms with Crippen molar-refractivity contribution >= 4 is 60.9 Å². The average molecular weight is 1370 g/mol. The van der Waals surface area contributed by atoms with Crippen molar-refractivity contribution in [2.75, 3.05) is 4.90 Å². The molecule has 16 rings (SSSR count). The zero-order valence-corrected chi connectivity index (χ0v) is 64.4. The molecule has 0 saturated carbocycles. The Labute approximate surface area is 622 Å². The molecule has 10 aromatic carbocycles. The fourth-order valence-corrected chi connectivity index (χ4v) is 20.5. The topological polar surface area (TPSA) is 29.5 Å². The van der Waals surface area contributed by atoms with Crippen LogP contribution in [-0.2, 0) is 21.7 Å². The lowest BCUT2D eigenvalue weighted by atomic mass is 9.68. The van der Waals surface area contributed by atoms with Gasteiger partial charge in [-0.05, 0) is 206 Å². The molecule has 2 heterocycles. The van der Waals surface area contributed by atoms with Crippen LogP contribution in [-0.4, -0.2) is 0 Å². The lowest BCUT2D eigenvalue weighted by molar-refractivity contribution is 0.394. The molecule has 534 valence electrons. The molecule has 0 amide bonds. The first-order valence-corrected chi connectivity index (χ1v) is 41.4. The fourth-order valence-electron chi connectivity index (χ4n) is 20.5. The maximum atomic E-state index is 7.16. The van der Waals surface area contributed by atoms with E-state index in [-0.39, 0.29) is 21.7 Å². The normalized spacial score (nSPS) is 15.0. The lowest BCUT2D eigenvalue weighted by Gasteiger charge is -2.35. The lowest BCUT2D eigenvalue weighted by Crippen LogP contribution is -2.27. The molecule has 4 aliphatic rings. The SMILES string of the molecule is CCCCCCCCC1(CCCCCCCC)c2cc(N(c3ccc(C)cc3)c3ccc4c(c3)C(C)(C)c3cc(-c5ccc6c(c5)C(C)(C)c5ccccc5-6)c5oc6ccccc6c5c3-4)ccc2-c2cc3c(cc21)-c1c(ccc2oc4ccccc4c12)C3(CCCCCCCC)CCCCCCCC. The van der Waals surface area contributed by atoms with E-state index in [0.29, 0.717) is 0 Å². The maximum absolute atomic E-state index is 7.16. The molecule has 0 atom stereocenters. The molecule has 0 unspecified atom stereocenters. The third-order valence-electron chi connectivity index (χ3n) is 26.1. The van der Waals surface area contributed by atoms with Crippen LogP contribution in [0.2, 0.25) is 0 Å². The number of unbranched alkanes of at least 4 members (excludes halogenated alkanes) is 20. The van der Waals surface area contributed by atoms with Crippen molar-refractivity contribution in [3.05, 3.63) is 232 Å². The molecule has 0 N–H and O–H groups in total. The quantitative estimate of drug-likeness (QED) is 0.0394. The Morgan fingerprint density at radius 3 is 1.35 bits per heavy atom. The van der Waals surface area contributed by atoms with Crippen molar-refractivity contribution in [3.8, 4) is 55.6 Å². The van der Waals surface area contributed by atoms with Crippen molar-refractivity contribution in [1.82, 2.24) is 0 Å². The molecular weight excluding hydrogens is 1260 g/mol. The van der Waals surface area contributed by atoms with Crippen molar-refractivity contribution in [2.45, 2.75) is 264 Å². The summed E-state index contributed by atoms with van der Waals surface area (Å²) in [4.78, 5) is 2.63. The highest BCUT2D eigenvalue weighted by molar-refractivity contribution is 6.19. The Kier molecular flexibility index (Phi) is 19.6. The van der Waals surface area contributed by atoms with Crippen molar-refractivity contribution in [3.63, 3.8) is 0 Å². The molecule has 0 aliphatic heterocycles. The number of nitrogens with zero attached hydrogens (tertiary/aromatic N) is 1. The van der Waals surface area contributed by atoms with Gasteiger partial charge in [-0.3, -0.25) is 0 Å². The first-order chi connectivity index (χ1) is 50.8. The molecule has 3 nitrogen and oxygen atoms in total. The zero-order valence-electron chi connectivity index (χ0n) is 64.4. The van der Waals surface area contributed by atoms with Gasteiger partial charge in [-0.25, -0.2) is 0 Å². The van der Waals surface area contributed by atoms with Crippen LogP contribution >= 0.6 is 0 Å². The van der Waals surface area contributed by atoms with Gasteiger partial charge in [0, 0.05) is 65.8 Å². The van der Waals surface area contributed by atoms with Gasteiger partial charge in [-0.15, -0.1) is 0 Å². The van der Waals surface area contributed by atoms with Gasteiger partial charge in [0.25, 0.3) is 0 Å². The Hall–Kier alpha value is -8.40. The summed E-state index contributed by atoms with van der Waals surface area (Å²) < 4.78 is 14.1. The van der Waals surface area contributed by atoms with E-state index in [4.69, 9.17) is 8.83 Å². The number of para-hydroxylation sites is 2. The number of rotatable bonds is 32. The number of hydrogen-bond donors (Lipinski definition) is 0. The Balaban J connectivity index is 0.873. The van der Waals surface area contributed by atoms with E-state index in [1.54, 1.807) is 22.3 Å². The number of hydrogen-bond acceptors (Lipinski definition) is 3. The second-order valence-electron chi connectivity index (χ2n) is 33.5. The molecule has 0 radical (unpaired) electrons. The maximum Gasteiger partial charge on any atom is 0.143 e. The van der Waals surface area contributed by atoms with Crippen molar-refractivity contribution in [2.24, 2.45) is 0 Å². The average Bonchev–Trinajstić information content (AvgIpc) is 1.53. The molecule has 0 fully saturated rings. The van der Waals surface area contributed by atoms with Gasteiger partial charge >= 0.3 is 0 Å². The van der Waals surface area contributed by atoms with E-state index >= 15 is 0 Å². The number of anilines is 3. The third-order valence-corrected chi connectivity index (χ3v) is 26.1. The molecule has 12 aromatic rings. The highest BCUT2D eigenvalue weighted by Crippen LogP contribution is 2.64. The number of fused-ring (bicyclic) bond motifs is 20. The monoisotopic (exact) mass is 1370 g/mol. The molecule has 0 spiro atoms. The van der Waals surface area contributed by atoms with Gasteiger partial charge in [-0.1, -0.05) is 318 Å². The molecule has 4 aliphatic carbocycles. The van der Waals surface area contributed by atoms with E-state index in [2.05, 4.69) is 249 Å². The van der Waals surface area contributed by atoms with Crippen LogP contribution in [0.1, 0.15) is 285 Å². The largest absolute Gasteiger partial charge is 0.456 e. The first kappa shape index (κ1) is 69.9. The van der Waals surface area contributed by atoms with Gasteiger partial charge in [-0.2, -0.15) is 0 Å². The minimum atomic E-state index is -0.344. The highest BCUT2D eigenvalue weighted by atomic mass is 16.3. The molecule has 0 bridgehead atoms. The molecule has 104 heavy (non-hydrogen) atoms. The zero-order chi connectivity index (χ0) is 71.3. The summed E-state index contributed by atoms with van der Waals surface area (Å²) in [5.74, 6) is 0. The summed E-state index contributed by atoms with van der Waals surface area (Å²) in [5.41, 5.74) is 33.4. The Bertz CT molecular complexity index is 5100. The van der Waals surface area contributed by atoms with E-state index in [0.717, 1.165) is 40.7 Å². The number of furan rings is 2. The Morgan fingerprint density at radius 2 is 0.721 bits per heavy atom. The van der Waals surface area contributed by atoms with Crippen LogP contribution < -0.4 is 4.90 Å². The minimum Gasteiger partial charge on any atom is -0.456 e. The van der Waals surface area contributed by atoms with Gasteiger partial charge in [0.2, 0.25) is 0 Å². The molecule has 2 aromatic heterocycles.